The molecule has 0 aliphatic carbocycles. The predicted octanol–water partition coefficient (Wildman–Crippen LogP) is 2.85. The van der Waals surface area contributed by atoms with Gasteiger partial charge in [0.25, 0.3) is 0 Å². The molecule has 2 rings (SSSR count). The molecule has 1 nitrogen and oxygen atoms in total. The summed E-state index contributed by atoms with van der Waals surface area (Å²) in [5.74, 6) is 6.11. The molecular weight excluding hydrogens is 190 g/mol. The molecule has 0 aromatic carbocycles. The third-order valence-electron chi connectivity index (χ3n) is 1.71. The van der Waals surface area contributed by atoms with E-state index in [0.717, 1.165) is 10.6 Å². The Labute approximate surface area is 87.4 Å². The fourth-order valence-electron chi connectivity index (χ4n) is 1.06. The molecule has 0 radical (unpaired) electrons. The number of pyridine rings is 1. The van der Waals surface area contributed by atoms with Gasteiger partial charge in [0.05, 0.1) is 4.88 Å². The Morgan fingerprint density at radius 2 is 2.21 bits per heavy atom. The summed E-state index contributed by atoms with van der Waals surface area (Å²) in [6, 6.07) is 7.82. The van der Waals surface area contributed by atoms with Gasteiger partial charge in [-0.15, -0.1) is 11.3 Å². The van der Waals surface area contributed by atoms with E-state index >= 15 is 0 Å². The quantitative estimate of drug-likeness (QED) is 0.594. The van der Waals surface area contributed by atoms with Gasteiger partial charge in [-0.1, -0.05) is 6.07 Å². The van der Waals surface area contributed by atoms with E-state index in [1.54, 1.807) is 17.5 Å². The second-order valence-electron chi connectivity index (χ2n) is 2.95. The Bertz CT molecular complexity index is 474. The summed E-state index contributed by atoms with van der Waals surface area (Å²) >= 11 is 1.67. The molecule has 0 saturated heterocycles. The van der Waals surface area contributed by atoms with Gasteiger partial charge in [0.1, 0.15) is 5.69 Å². The molecule has 68 valence electrons. The van der Waals surface area contributed by atoms with Crippen LogP contribution in [0.25, 0.3) is 0 Å². The largest absolute Gasteiger partial charge is 0.248 e. The maximum atomic E-state index is 4.13. The van der Waals surface area contributed by atoms with Crippen molar-refractivity contribution < 1.29 is 0 Å². The molecule has 0 spiro atoms. The second kappa shape index (κ2) is 4.08. The summed E-state index contributed by atoms with van der Waals surface area (Å²) in [5.41, 5.74) is 2.08. The summed E-state index contributed by atoms with van der Waals surface area (Å²) < 4.78 is 0. The monoisotopic (exact) mass is 199 g/mol. The lowest BCUT2D eigenvalue weighted by Gasteiger charge is -1.84. The number of thiophene rings is 1. The smallest absolute Gasteiger partial charge is 0.113 e. The minimum atomic E-state index is 0.818. The summed E-state index contributed by atoms with van der Waals surface area (Å²) in [4.78, 5) is 5.22. The zero-order valence-electron chi connectivity index (χ0n) is 7.82. The molecule has 0 fully saturated rings. The van der Waals surface area contributed by atoms with Crippen LogP contribution in [0.4, 0.5) is 0 Å². The van der Waals surface area contributed by atoms with E-state index in [9.17, 15) is 0 Å². The predicted molar refractivity (Wildman–Crippen MR) is 59.3 cm³/mol. The van der Waals surface area contributed by atoms with Gasteiger partial charge in [-0.25, -0.2) is 4.98 Å². The molecule has 0 aliphatic heterocycles. The molecule has 0 bridgehead atoms. The molecule has 0 saturated carbocycles. The van der Waals surface area contributed by atoms with Gasteiger partial charge in [0, 0.05) is 6.20 Å². The Morgan fingerprint density at radius 1 is 1.29 bits per heavy atom. The van der Waals surface area contributed by atoms with E-state index in [1.165, 1.54) is 5.56 Å². The average Bonchev–Trinajstić information content (AvgIpc) is 2.63. The van der Waals surface area contributed by atoms with Crippen molar-refractivity contribution in [1.82, 2.24) is 4.98 Å². The summed E-state index contributed by atoms with van der Waals surface area (Å²) in [7, 11) is 0. The van der Waals surface area contributed by atoms with Crippen LogP contribution < -0.4 is 0 Å². The first-order chi connectivity index (χ1) is 6.84. The highest BCUT2D eigenvalue weighted by Crippen LogP contribution is 2.11. The number of aromatic nitrogens is 1. The summed E-state index contributed by atoms with van der Waals surface area (Å²) in [6.07, 6.45) is 1.75. The Hall–Kier alpha value is -1.59. The van der Waals surface area contributed by atoms with Crippen LogP contribution in [0.5, 0.6) is 0 Å². The van der Waals surface area contributed by atoms with Crippen LogP contribution in [0.15, 0.2) is 35.8 Å². The van der Waals surface area contributed by atoms with E-state index in [1.807, 2.05) is 18.2 Å². The first-order valence-corrected chi connectivity index (χ1v) is 5.21. The summed E-state index contributed by atoms with van der Waals surface area (Å²) in [6.45, 7) is 2.07. The Morgan fingerprint density at radius 3 is 2.86 bits per heavy atom. The lowest BCUT2D eigenvalue weighted by Crippen LogP contribution is -1.77. The molecule has 0 unspecified atom stereocenters. The molecule has 2 heterocycles. The van der Waals surface area contributed by atoms with E-state index in [-0.39, 0.29) is 0 Å². The van der Waals surface area contributed by atoms with Crippen molar-refractivity contribution in [3.05, 3.63) is 52.0 Å². The lowest BCUT2D eigenvalue weighted by atomic mass is 10.3. The van der Waals surface area contributed by atoms with Crippen molar-refractivity contribution in [2.45, 2.75) is 6.92 Å². The highest BCUT2D eigenvalue weighted by Gasteiger charge is 1.90. The zero-order chi connectivity index (χ0) is 9.80. The van der Waals surface area contributed by atoms with Crippen LogP contribution in [0.3, 0.4) is 0 Å². The third kappa shape index (κ3) is 2.21. The number of hydrogen-bond acceptors (Lipinski definition) is 2. The molecule has 0 atom stereocenters. The topological polar surface area (TPSA) is 12.9 Å². The van der Waals surface area contributed by atoms with Gasteiger partial charge in [-0.2, -0.15) is 0 Å². The first-order valence-electron chi connectivity index (χ1n) is 4.33. The van der Waals surface area contributed by atoms with Crippen molar-refractivity contribution >= 4 is 11.3 Å². The second-order valence-corrected chi connectivity index (χ2v) is 3.86. The van der Waals surface area contributed by atoms with Crippen LogP contribution in [-0.2, 0) is 0 Å². The van der Waals surface area contributed by atoms with E-state index in [0.29, 0.717) is 0 Å². The Kier molecular flexibility index (Phi) is 2.62. The average molecular weight is 199 g/mol. The van der Waals surface area contributed by atoms with Crippen LogP contribution in [0.1, 0.15) is 16.1 Å². The van der Waals surface area contributed by atoms with Gasteiger partial charge >= 0.3 is 0 Å². The SMILES string of the molecule is Cc1csc(C#Cc2ccccn2)c1. The van der Waals surface area contributed by atoms with Crippen molar-refractivity contribution in [2.75, 3.05) is 0 Å². The number of aryl methyl sites for hydroxylation is 1. The zero-order valence-corrected chi connectivity index (χ0v) is 8.64. The van der Waals surface area contributed by atoms with Crippen LogP contribution in [0, 0.1) is 18.8 Å². The van der Waals surface area contributed by atoms with E-state index in [4.69, 9.17) is 0 Å². The fourth-order valence-corrected chi connectivity index (χ4v) is 1.80. The van der Waals surface area contributed by atoms with Crippen LogP contribution >= 0.6 is 11.3 Å². The van der Waals surface area contributed by atoms with Gasteiger partial charge in [-0.05, 0) is 47.9 Å². The maximum absolute atomic E-state index is 4.13. The first kappa shape index (κ1) is 8.98. The fraction of sp³-hybridized carbons (Fsp3) is 0.0833. The van der Waals surface area contributed by atoms with Gasteiger partial charge in [-0.3, -0.25) is 0 Å². The number of hydrogen-bond donors (Lipinski definition) is 0. The summed E-state index contributed by atoms with van der Waals surface area (Å²) in [5, 5.41) is 2.10. The molecule has 0 aliphatic rings. The molecular formula is C12H9NS. The van der Waals surface area contributed by atoms with Crippen LogP contribution in [-0.4, -0.2) is 4.98 Å². The maximum Gasteiger partial charge on any atom is 0.113 e. The van der Waals surface area contributed by atoms with Crippen molar-refractivity contribution in [3.8, 4) is 11.8 Å². The van der Waals surface area contributed by atoms with Gasteiger partial charge < -0.3 is 0 Å². The molecule has 0 amide bonds. The molecule has 2 aromatic heterocycles. The van der Waals surface area contributed by atoms with Crippen LogP contribution in [0.2, 0.25) is 0 Å². The minimum absolute atomic E-state index is 0.818. The molecule has 2 aromatic rings. The third-order valence-corrected chi connectivity index (χ3v) is 2.67. The van der Waals surface area contributed by atoms with Crippen molar-refractivity contribution in [1.29, 1.82) is 0 Å². The molecule has 14 heavy (non-hydrogen) atoms. The Balaban J connectivity index is 2.23. The van der Waals surface area contributed by atoms with Crippen molar-refractivity contribution in [2.24, 2.45) is 0 Å². The minimum Gasteiger partial charge on any atom is -0.248 e. The van der Waals surface area contributed by atoms with Gasteiger partial charge in [0.2, 0.25) is 0 Å². The standard InChI is InChI=1S/C12H9NS/c1-10-8-12(14-9-10)6-5-11-4-2-3-7-13-11/h2-4,7-9H,1H3. The molecule has 0 N–H and O–H groups in total. The number of nitrogens with zero attached hydrogens (tertiary/aromatic N) is 1. The van der Waals surface area contributed by atoms with E-state index < -0.39 is 0 Å². The van der Waals surface area contributed by atoms with Crippen molar-refractivity contribution in [3.63, 3.8) is 0 Å². The highest BCUT2D eigenvalue weighted by atomic mass is 32.1. The lowest BCUT2D eigenvalue weighted by molar-refractivity contribution is 1.29. The normalized spacial score (nSPS) is 9.21. The number of rotatable bonds is 0. The highest BCUT2D eigenvalue weighted by molar-refractivity contribution is 7.10. The van der Waals surface area contributed by atoms with Gasteiger partial charge in [0.15, 0.2) is 0 Å². The molecule has 2 heteroatoms. The van der Waals surface area contributed by atoms with E-state index in [2.05, 4.69) is 35.2 Å².